The van der Waals surface area contributed by atoms with Gasteiger partial charge in [-0.25, -0.2) is 4.39 Å². The third kappa shape index (κ3) is 2.99. The van der Waals surface area contributed by atoms with Gasteiger partial charge < -0.3 is 10.6 Å². The van der Waals surface area contributed by atoms with E-state index in [0.717, 1.165) is 5.56 Å². The van der Waals surface area contributed by atoms with Crippen LogP contribution in [-0.4, -0.2) is 11.9 Å². The van der Waals surface area contributed by atoms with Gasteiger partial charge in [-0.3, -0.25) is 4.79 Å². The fourth-order valence-electron chi connectivity index (χ4n) is 2.47. The molecule has 21 heavy (non-hydrogen) atoms. The molecule has 2 N–H and O–H groups in total. The van der Waals surface area contributed by atoms with E-state index in [4.69, 9.17) is 0 Å². The van der Waals surface area contributed by atoms with Crippen LogP contribution >= 0.6 is 15.9 Å². The van der Waals surface area contributed by atoms with E-state index in [1.165, 1.54) is 11.6 Å². The molecule has 5 heteroatoms. The average molecular weight is 349 g/mol. The van der Waals surface area contributed by atoms with E-state index in [2.05, 4.69) is 26.6 Å². The molecule has 0 aliphatic carbocycles. The van der Waals surface area contributed by atoms with Crippen LogP contribution in [0.2, 0.25) is 0 Å². The second-order valence-corrected chi connectivity index (χ2v) is 5.85. The van der Waals surface area contributed by atoms with Crippen LogP contribution in [0.25, 0.3) is 0 Å². The Morgan fingerprint density at radius 3 is 2.71 bits per heavy atom. The van der Waals surface area contributed by atoms with Crippen molar-refractivity contribution in [3.8, 4) is 0 Å². The zero-order valence-electron chi connectivity index (χ0n) is 11.2. The Labute approximate surface area is 130 Å². The highest BCUT2D eigenvalue weighted by molar-refractivity contribution is 9.10. The molecule has 0 bridgehead atoms. The Balaban J connectivity index is 1.76. The molecule has 0 radical (unpaired) electrons. The van der Waals surface area contributed by atoms with Gasteiger partial charge in [0.15, 0.2) is 0 Å². The first-order chi connectivity index (χ1) is 10.1. The van der Waals surface area contributed by atoms with Crippen molar-refractivity contribution in [1.29, 1.82) is 0 Å². The lowest BCUT2D eigenvalue weighted by Gasteiger charge is -2.25. The minimum atomic E-state index is -0.450. The number of carbonyl (C=O) groups is 1. The Hall–Kier alpha value is -1.72. The molecule has 3 nitrogen and oxygen atoms in total. The number of hydrogen-bond donors (Lipinski definition) is 2. The first-order valence-electron chi connectivity index (χ1n) is 6.70. The standard InChI is InChI=1S/C16H14BrFN2O/c17-12-6-3-7-13(18)15(12)20-16(21)14-8-10-4-1-2-5-11(10)9-19-14/h1-7,14,19H,8-9H2,(H,20,21). The number of benzene rings is 2. The van der Waals surface area contributed by atoms with E-state index in [1.807, 2.05) is 24.3 Å². The van der Waals surface area contributed by atoms with Crippen molar-refractivity contribution in [2.75, 3.05) is 5.32 Å². The van der Waals surface area contributed by atoms with Crippen LogP contribution in [0.15, 0.2) is 46.9 Å². The molecule has 1 heterocycles. The largest absolute Gasteiger partial charge is 0.321 e. The maximum absolute atomic E-state index is 13.8. The third-order valence-electron chi connectivity index (χ3n) is 3.61. The van der Waals surface area contributed by atoms with Crippen LogP contribution in [0.5, 0.6) is 0 Å². The number of amides is 1. The van der Waals surface area contributed by atoms with Crippen LogP contribution in [0.1, 0.15) is 11.1 Å². The van der Waals surface area contributed by atoms with Crippen molar-refractivity contribution in [1.82, 2.24) is 5.32 Å². The highest BCUT2D eigenvalue weighted by atomic mass is 79.9. The highest BCUT2D eigenvalue weighted by Crippen LogP contribution is 2.26. The SMILES string of the molecule is O=C(Nc1c(F)cccc1Br)C1Cc2ccccc2CN1. The summed E-state index contributed by atoms with van der Waals surface area (Å²) < 4.78 is 14.3. The summed E-state index contributed by atoms with van der Waals surface area (Å²) in [5.41, 5.74) is 2.54. The van der Waals surface area contributed by atoms with Crippen molar-refractivity contribution in [2.45, 2.75) is 19.0 Å². The van der Waals surface area contributed by atoms with Crippen molar-refractivity contribution < 1.29 is 9.18 Å². The number of nitrogens with one attached hydrogen (secondary N) is 2. The highest BCUT2D eigenvalue weighted by Gasteiger charge is 2.24. The summed E-state index contributed by atoms with van der Waals surface area (Å²) >= 11 is 3.25. The maximum Gasteiger partial charge on any atom is 0.241 e. The molecular weight excluding hydrogens is 335 g/mol. The number of halogens is 2. The summed E-state index contributed by atoms with van der Waals surface area (Å²) in [5.74, 6) is -0.677. The summed E-state index contributed by atoms with van der Waals surface area (Å²) in [6, 6.07) is 12.3. The lowest BCUT2D eigenvalue weighted by Crippen LogP contribution is -2.44. The van der Waals surface area contributed by atoms with E-state index >= 15 is 0 Å². The molecule has 1 unspecified atom stereocenters. The normalized spacial score (nSPS) is 17.1. The summed E-state index contributed by atoms with van der Waals surface area (Å²) in [7, 11) is 0. The Bertz CT molecular complexity index is 669. The lowest BCUT2D eigenvalue weighted by molar-refractivity contribution is -0.118. The minimum Gasteiger partial charge on any atom is -0.321 e. The summed E-state index contributed by atoms with van der Waals surface area (Å²) in [6.07, 6.45) is 0.605. The Morgan fingerprint density at radius 2 is 1.95 bits per heavy atom. The summed E-state index contributed by atoms with van der Waals surface area (Å²) in [6.45, 7) is 0.646. The number of rotatable bonds is 2. The minimum absolute atomic E-state index is 0.183. The molecule has 108 valence electrons. The summed E-state index contributed by atoms with van der Waals surface area (Å²) in [5, 5.41) is 5.84. The molecular formula is C16H14BrFN2O. The fourth-order valence-corrected chi connectivity index (χ4v) is 2.91. The van der Waals surface area contributed by atoms with E-state index in [0.29, 0.717) is 17.4 Å². The van der Waals surface area contributed by atoms with Crippen molar-refractivity contribution >= 4 is 27.5 Å². The van der Waals surface area contributed by atoms with Crippen LogP contribution in [0.3, 0.4) is 0 Å². The number of fused-ring (bicyclic) bond motifs is 1. The van der Waals surface area contributed by atoms with E-state index < -0.39 is 5.82 Å². The first-order valence-corrected chi connectivity index (χ1v) is 7.49. The monoisotopic (exact) mass is 348 g/mol. The molecule has 1 atom stereocenters. The Kier molecular flexibility index (Phi) is 4.03. The molecule has 1 aliphatic heterocycles. The van der Waals surface area contributed by atoms with Crippen molar-refractivity contribution in [2.24, 2.45) is 0 Å². The van der Waals surface area contributed by atoms with Gasteiger partial charge >= 0.3 is 0 Å². The molecule has 0 spiro atoms. The lowest BCUT2D eigenvalue weighted by atomic mass is 9.95. The maximum atomic E-state index is 13.8. The smallest absolute Gasteiger partial charge is 0.241 e. The Morgan fingerprint density at radius 1 is 1.19 bits per heavy atom. The quantitative estimate of drug-likeness (QED) is 0.874. The third-order valence-corrected chi connectivity index (χ3v) is 4.27. The summed E-state index contributed by atoms with van der Waals surface area (Å²) in [4.78, 5) is 12.3. The second-order valence-electron chi connectivity index (χ2n) is 4.99. The van der Waals surface area contributed by atoms with Gasteiger partial charge in [0.25, 0.3) is 0 Å². The predicted octanol–water partition coefficient (Wildman–Crippen LogP) is 3.24. The molecule has 2 aromatic carbocycles. The van der Waals surface area contributed by atoms with Gasteiger partial charge in [0.05, 0.1) is 11.7 Å². The zero-order chi connectivity index (χ0) is 14.8. The van der Waals surface area contributed by atoms with E-state index in [-0.39, 0.29) is 17.6 Å². The van der Waals surface area contributed by atoms with Crippen molar-refractivity contribution in [3.05, 3.63) is 63.9 Å². The van der Waals surface area contributed by atoms with E-state index in [1.54, 1.807) is 12.1 Å². The molecule has 2 aromatic rings. The first kappa shape index (κ1) is 14.2. The van der Waals surface area contributed by atoms with Gasteiger partial charge in [-0.15, -0.1) is 0 Å². The van der Waals surface area contributed by atoms with Crippen molar-refractivity contribution in [3.63, 3.8) is 0 Å². The van der Waals surface area contributed by atoms with Crippen LogP contribution in [0, 0.1) is 5.82 Å². The van der Waals surface area contributed by atoms with Gasteiger partial charge in [0.2, 0.25) is 5.91 Å². The number of anilines is 1. The topological polar surface area (TPSA) is 41.1 Å². The molecule has 0 saturated heterocycles. The van der Waals surface area contributed by atoms with Gasteiger partial charge in [0, 0.05) is 11.0 Å². The zero-order valence-corrected chi connectivity index (χ0v) is 12.8. The molecule has 0 fully saturated rings. The van der Waals surface area contributed by atoms with Gasteiger partial charge in [-0.1, -0.05) is 30.3 Å². The molecule has 0 aromatic heterocycles. The van der Waals surface area contributed by atoms with Gasteiger partial charge in [0.1, 0.15) is 5.82 Å². The number of para-hydroxylation sites is 1. The molecule has 1 aliphatic rings. The number of hydrogen-bond acceptors (Lipinski definition) is 2. The second kappa shape index (κ2) is 5.95. The average Bonchev–Trinajstić information content (AvgIpc) is 2.50. The molecule has 1 amide bonds. The van der Waals surface area contributed by atoms with Crippen LogP contribution < -0.4 is 10.6 Å². The van der Waals surface area contributed by atoms with Crippen LogP contribution in [-0.2, 0) is 17.8 Å². The van der Waals surface area contributed by atoms with Gasteiger partial charge in [-0.2, -0.15) is 0 Å². The predicted molar refractivity (Wildman–Crippen MR) is 83.5 cm³/mol. The van der Waals surface area contributed by atoms with Crippen LogP contribution in [0.4, 0.5) is 10.1 Å². The molecule has 3 rings (SSSR count). The fraction of sp³-hybridized carbons (Fsp3) is 0.188. The van der Waals surface area contributed by atoms with E-state index in [9.17, 15) is 9.18 Å². The number of carbonyl (C=O) groups excluding carboxylic acids is 1. The van der Waals surface area contributed by atoms with Gasteiger partial charge in [-0.05, 0) is 45.6 Å². The molecule has 0 saturated carbocycles.